The third-order valence-corrected chi connectivity index (χ3v) is 3.55. The van der Waals surface area contributed by atoms with Crippen molar-refractivity contribution in [2.24, 2.45) is 5.10 Å². The van der Waals surface area contributed by atoms with E-state index in [4.69, 9.17) is 11.6 Å². The maximum atomic E-state index is 10.8. The van der Waals surface area contributed by atoms with Gasteiger partial charge in [-0.2, -0.15) is 5.10 Å². The number of carbonyl (C=O) groups is 1. The van der Waals surface area contributed by atoms with Crippen LogP contribution in [-0.2, 0) is 0 Å². The number of hydrogen-bond donors (Lipinski definition) is 1. The third kappa shape index (κ3) is 3.96. The van der Waals surface area contributed by atoms with Gasteiger partial charge in [-0.3, -0.25) is 5.43 Å². The van der Waals surface area contributed by atoms with E-state index in [1.807, 2.05) is 0 Å². The van der Waals surface area contributed by atoms with Gasteiger partial charge in [-0.1, -0.05) is 30.5 Å². The fourth-order valence-corrected chi connectivity index (χ4v) is 2.29. The maximum Gasteiger partial charge on any atom is 0.0754 e. The normalized spacial score (nSPS) is 15.7. The molecule has 0 bridgehead atoms. The second-order valence-corrected chi connectivity index (χ2v) is 5.09. The van der Waals surface area contributed by atoms with Crippen LogP contribution >= 0.6 is 11.6 Å². The average molecular weight is 280 g/mol. The lowest BCUT2D eigenvalue weighted by atomic mass is 10.2. The van der Waals surface area contributed by atoms with Crippen molar-refractivity contribution in [2.75, 3.05) is 5.43 Å². The van der Waals surface area contributed by atoms with Gasteiger partial charge in [-0.05, 0) is 43.4 Å². The highest BCUT2D eigenvalue weighted by Crippen LogP contribution is 2.23. The van der Waals surface area contributed by atoms with Crippen LogP contribution in [0.5, 0.6) is 0 Å². The second kappa shape index (κ2) is 6.57. The minimum absolute atomic E-state index is 0.0907. The van der Waals surface area contributed by atoms with Crippen molar-refractivity contribution in [1.82, 2.24) is 0 Å². The third-order valence-electron chi connectivity index (χ3n) is 3.22. The molecule has 2 rings (SSSR count). The van der Waals surface area contributed by atoms with Gasteiger partial charge in [0.25, 0.3) is 0 Å². The molecule has 0 saturated heterocycles. The van der Waals surface area contributed by atoms with Crippen LogP contribution in [0.25, 0.3) is 0 Å². The number of halogens is 1. The number of aromatic carboxylic acids is 1. The number of carbonyl (C=O) groups excluding carboxylic acids is 1. The molecule has 102 valence electrons. The average Bonchev–Trinajstić information content (AvgIpc) is 2.66. The van der Waals surface area contributed by atoms with Gasteiger partial charge in [0.2, 0.25) is 0 Å². The zero-order chi connectivity index (χ0) is 13.7. The fraction of sp³-hybridized carbons (Fsp3) is 0.429. The smallest absolute Gasteiger partial charge is 0.0754 e. The van der Waals surface area contributed by atoms with Crippen molar-refractivity contribution in [3.8, 4) is 0 Å². The van der Waals surface area contributed by atoms with Crippen LogP contribution in [0.4, 0.5) is 5.69 Å². The molecule has 1 saturated carbocycles. The first kappa shape index (κ1) is 13.9. The van der Waals surface area contributed by atoms with Crippen molar-refractivity contribution < 1.29 is 9.90 Å². The molecule has 0 spiro atoms. The highest BCUT2D eigenvalue weighted by Gasteiger charge is 2.07. The number of hydrazone groups is 1. The van der Waals surface area contributed by atoms with E-state index in [0.717, 1.165) is 31.4 Å². The number of nitrogens with one attached hydrogen (secondary N) is 1. The lowest BCUT2D eigenvalue weighted by Crippen LogP contribution is -2.22. The minimum atomic E-state index is -1.22. The first-order chi connectivity index (χ1) is 9.16. The van der Waals surface area contributed by atoms with Crippen LogP contribution in [0.3, 0.4) is 0 Å². The summed E-state index contributed by atoms with van der Waals surface area (Å²) in [4.78, 5) is 10.8. The summed E-state index contributed by atoms with van der Waals surface area (Å²) in [6.07, 6.45) is 6.80. The number of hydrogen-bond acceptors (Lipinski definition) is 4. The lowest BCUT2D eigenvalue weighted by molar-refractivity contribution is -0.255. The standard InChI is InChI=1S/C14H17ClN2O2/c15-12-8-7-10(14(18)19)9-13(12)17-16-11-5-3-1-2-4-6-11/h7-9,17H,1-6H2,(H,18,19)/p-1. The van der Waals surface area contributed by atoms with Crippen LogP contribution in [-0.4, -0.2) is 11.7 Å². The Kier molecular flexibility index (Phi) is 4.80. The van der Waals surface area contributed by atoms with Crippen LogP contribution in [0.2, 0.25) is 5.02 Å². The SMILES string of the molecule is O=C([O-])c1ccc(Cl)c(NN=C2CCCCCC2)c1. The molecule has 0 atom stereocenters. The molecule has 0 unspecified atom stereocenters. The number of benzene rings is 1. The summed E-state index contributed by atoms with van der Waals surface area (Å²) in [5.74, 6) is -1.22. The minimum Gasteiger partial charge on any atom is -0.545 e. The van der Waals surface area contributed by atoms with Gasteiger partial charge in [-0.15, -0.1) is 0 Å². The van der Waals surface area contributed by atoms with Crippen LogP contribution in [0.15, 0.2) is 23.3 Å². The quantitative estimate of drug-likeness (QED) is 0.683. The Morgan fingerprint density at radius 2 is 1.89 bits per heavy atom. The maximum absolute atomic E-state index is 10.8. The largest absolute Gasteiger partial charge is 0.545 e. The molecule has 0 radical (unpaired) electrons. The van der Waals surface area contributed by atoms with Crippen molar-refractivity contribution in [3.05, 3.63) is 28.8 Å². The first-order valence-corrected chi connectivity index (χ1v) is 6.87. The van der Waals surface area contributed by atoms with Crippen LogP contribution in [0.1, 0.15) is 48.9 Å². The Balaban J connectivity index is 2.11. The highest BCUT2D eigenvalue weighted by atomic mass is 35.5. The van der Waals surface area contributed by atoms with Crippen molar-refractivity contribution in [1.29, 1.82) is 0 Å². The van der Waals surface area contributed by atoms with E-state index < -0.39 is 5.97 Å². The predicted molar refractivity (Wildman–Crippen MR) is 74.5 cm³/mol. The summed E-state index contributed by atoms with van der Waals surface area (Å²) in [5.41, 5.74) is 4.58. The summed E-state index contributed by atoms with van der Waals surface area (Å²) in [6, 6.07) is 4.39. The number of rotatable bonds is 3. The monoisotopic (exact) mass is 279 g/mol. The van der Waals surface area contributed by atoms with E-state index in [2.05, 4.69) is 10.5 Å². The van der Waals surface area contributed by atoms with Gasteiger partial charge in [0.05, 0.1) is 16.7 Å². The van der Waals surface area contributed by atoms with Crippen LogP contribution < -0.4 is 10.5 Å². The number of anilines is 1. The van der Waals surface area contributed by atoms with Crippen LogP contribution in [0, 0.1) is 0 Å². The van der Waals surface area contributed by atoms with Gasteiger partial charge in [0, 0.05) is 5.71 Å². The Morgan fingerprint density at radius 3 is 2.53 bits per heavy atom. The van der Waals surface area contributed by atoms with E-state index in [-0.39, 0.29) is 5.56 Å². The topological polar surface area (TPSA) is 64.5 Å². The van der Waals surface area contributed by atoms with Crippen molar-refractivity contribution >= 4 is 29.0 Å². The van der Waals surface area contributed by atoms with E-state index in [0.29, 0.717) is 10.7 Å². The van der Waals surface area contributed by atoms with Crippen molar-refractivity contribution in [2.45, 2.75) is 38.5 Å². The zero-order valence-corrected chi connectivity index (χ0v) is 11.4. The molecule has 19 heavy (non-hydrogen) atoms. The molecule has 1 aliphatic carbocycles. The predicted octanol–water partition coefficient (Wildman–Crippen LogP) is 2.83. The molecule has 1 aliphatic rings. The molecule has 0 amide bonds. The Hall–Kier alpha value is -1.55. The lowest BCUT2D eigenvalue weighted by Gasteiger charge is -2.09. The summed E-state index contributed by atoms with van der Waals surface area (Å²) in [6.45, 7) is 0. The summed E-state index contributed by atoms with van der Waals surface area (Å²) in [5, 5.41) is 15.6. The molecule has 1 aromatic rings. The Morgan fingerprint density at radius 1 is 1.21 bits per heavy atom. The summed E-state index contributed by atoms with van der Waals surface area (Å²) < 4.78 is 0. The van der Waals surface area contributed by atoms with Crippen molar-refractivity contribution in [3.63, 3.8) is 0 Å². The molecular formula is C14H16ClN2O2-. The molecule has 0 heterocycles. The van der Waals surface area contributed by atoms with E-state index >= 15 is 0 Å². The molecule has 0 aliphatic heterocycles. The summed E-state index contributed by atoms with van der Waals surface area (Å²) >= 11 is 6.01. The Bertz CT molecular complexity index is 490. The molecule has 0 aromatic heterocycles. The molecule has 4 nitrogen and oxygen atoms in total. The van der Waals surface area contributed by atoms with Gasteiger partial charge in [0.1, 0.15) is 0 Å². The Labute approximate surface area is 117 Å². The van der Waals surface area contributed by atoms with Gasteiger partial charge >= 0.3 is 0 Å². The first-order valence-electron chi connectivity index (χ1n) is 6.49. The van der Waals surface area contributed by atoms with Gasteiger partial charge < -0.3 is 9.90 Å². The van der Waals surface area contributed by atoms with Gasteiger partial charge in [-0.25, -0.2) is 0 Å². The number of carboxylic acid groups (broad SMARTS) is 1. The zero-order valence-electron chi connectivity index (χ0n) is 10.6. The van der Waals surface area contributed by atoms with E-state index in [1.165, 1.54) is 31.0 Å². The highest BCUT2D eigenvalue weighted by molar-refractivity contribution is 6.33. The van der Waals surface area contributed by atoms with Gasteiger partial charge in [0.15, 0.2) is 0 Å². The second-order valence-electron chi connectivity index (χ2n) is 4.69. The molecule has 1 aromatic carbocycles. The van der Waals surface area contributed by atoms with E-state index in [9.17, 15) is 9.90 Å². The number of nitrogens with zero attached hydrogens (tertiary/aromatic N) is 1. The molecule has 1 N–H and O–H groups in total. The summed E-state index contributed by atoms with van der Waals surface area (Å²) in [7, 11) is 0. The fourth-order valence-electron chi connectivity index (χ4n) is 2.13. The molecule has 5 heteroatoms. The van der Waals surface area contributed by atoms with E-state index in [1.54, 1.807) is 0 Å². The molecule has 1 fully saturated rings. The molecular weight excluding hydrogens is 264 g/mol. The number of carboxylic acids is 1.